The van der Waals surface area contributed by atoms with Crippen LogP contribution in [0.4, 0.5) is 0 Å². The second kappa shape index (κ2) is 7.23. The highest BCUT2D eigenvalue weighted by molar-refractivity contribution is 7.09. The smallest absolute Gasteiger partial charge is 0.246 e. The van der Waals surface area contributed by atoms with Crippen molar-refractivity contribution in [2.24, 2.45) is 5.92 Å². The molecule has 4 rings (SSSR count). The molecule has 5 nitrogen and oxygen atoms in total. The summed E-state index contributed by atoms with van der Waals surface area (Å²) in [6.07, 6.45) is 3.94. The van der Waals surface area contributed by atoms with Crippen LogP contribution in [0.1, 0.15) is 23.4 Å². The zero-order chi connectivity index (χ0) is 17.1. The van der Waals surface area contributed by atoms with Crippen molar-refractivity contribution in [2.45, 2.75) is 25.0 Å². The molecule has 1 aromatic carbocycles. The van der Waals surface area contributed by atoms with Gasteiger partial charge < -0.3 is 10.1 Å². The molecule has 2 saturated heterocycles. The summed E-state index contributed by atoms with van der Waals surface area (Å²) in [6.45, 7) is 3.75. The quantitative estimate of drug-likeness (QED) is 0.913. The molecule has 1 atom stereocenters. The van der Waals surface area contributed by atoms with Gasteiger partial charge in [0.25, 0.3) is 0 Å². The first-order valence-electron chi connectivity index (χ1n) is 8.83. The molecule has 2 aliphatic heterocycles. The van der Waals surface area contributed by atoms with E-state index in [1.54, 1.807) is 11.3 Å². The van der Waals surface area contributed by atoms with Gasteiger partial charge in [-0.2, -0.15) is 0 Å². The van der Waals surface area contributed by atoms with Crippen molar-refractivity contribution < 1.29 is 9.53 Å². The Morgan fingerprint density at radius 3 is 2.72 bits per heavy atom. The average molecular weight is 357 g/mol. The Morgan fingerprint density at radius 2 is 2.08 bits per heavy atom. The van der Waals surface area contributed by atoms with E-state index < -0.39 is 5.60 Å². The number of nitrogens with zero attached hydrogens (tertiary/aromatic N) is 2. The topological polar surface area (TPSA) is 54.5 Å². The summed E-state index contributed by atoms with van der Waals surface area (Å²) in [7, 11) is 0. The summed E-state index contributed by atoms with van der Waals surface area (Å²) in [5, 5.41) is 5.98. The molecule has 0 bridgehead atoms. The van der Waals surface area contributed by atoms with E-state index in [0.717, 1.165) is 37.5 Å². The highest BCUT2D eigenvalue weighted by Crippen LogP contribution is 2.41. The first-order valence-corrected chi connectivity index (χ1v) is 9.71. The molecule has 0 aliphatic carbocycles. The molecule has 1 amide bonds. The van der Waals surface area contributed by atoms with Crippen molar-refractivity contribution in [3.8, 4) is 0 Å². The minimum absolute atomic E-state index is 0.0336. The Balaban J connectivity index is 1.45. The normalized spacial score (nSPS) is 25.7. The maximum absolute atomic E-state index is 11.6. The first kappa shape index (κ1) is 16.7. The molecule has 2 aromatic rings. The highest BCUT2D eigenvalue weighted by Gasteiger charge is 2.47. The Bertz CT molecular complexity index is 687. The zero-order valence-electron chi connectivity index (χ0n) is 14.2. The van der Waals surface area contributed by atoms with E-state index in [1.165, 1.54) is 5.56 Å². The number of nitrogens with one attached hydrogen (secondary N) is 1. The maximum Gasteiger partial charge on any atom is 0.246 e. The lowest BCUT2D eigenvalue weighted by atomic mass is 9.79. The molecule has 2 aliphatic rings. The molecule has 3 heterocycles. The number of likely N-dealkylation sites (tertiary alicyclic amines) is 1. The summed E-state index contributed by atoms with van der Waals surface area (Å²) in [6, 6.07) is 10.6. The van der Waals surface area contributed by atoms with E-state index in [2.05, 4.69) is 45.5 Å². The zero-order valence-corrected chi connectivity index (χ0v) is 15.0. The number of benzene rings is 1. The van der Waals surface area contributed by atoms with Crippen molar-refractivity contribution in [1.29, 1.82) is 0 Å². The van der Waals surface area contributed by atoms with Crippen molar-refractivity contribution in [2.75, 3.05) is 26.2 Å². The van der Waals surface area contributed by atoms with Crippen LogP contribution < -0.4 is 5.32 Å². The van der Waals surface area contributed by atoms with Gasteiger partial charge in [-0.3, -0.25) is 9.69 Å². The Kier molecular flexibility index (Phi) is 4.83. The summed E-state index contributed by atoms with van der Waals surface area (Å²) >= 11 is 1.63. The molecule has 132 valence electrons. The van der Waals surface area contributed by atoms with Gasteiger partial charge in [0.1, 0.15) is 17.2 Å². The van der Waals surface area contributed by atoms with Crippen LogP contribution >= 0.6 is 11.3 Å². The number of piperidine rings is 1. The van der Waals surface area contributed by atoms with Gasteiger partial charge in [0.15, 0.2) is 0 Å². The van der Waals surface area contributed by atoms with Crippen LogP contribution in [0, 0.1) is 5.92 Å². The monoisotopic (exact) mass is 357 g/mol. The molecule has 1 aromatic heterocycles. The molecule has 0 spiro atoms. The van der Waals surface area contributed by atoms with Crippen LogP contribution in [-0.2, 0) is 21.7 Å². The van der Waals surface area contributed by atoms with Gasteiger partial charge >= 0.3 is 0 Å². The van der Waals surface area contributed by atoms with Crippen LogP contribution in [0.5, 0.6) is 0 Å². The first-order chi connectivity index (χ1) is 12.3. The molecule has 25 heavy (non-hydrogen) atoms. The summed E-state index contributed by atoms with van der Waals surface area (Å²) in [5.74, 6) is 0.347. The lowest BCUT2D eigenvalue weighted by molar-refractivity contribution is -0.158. The van der Waals surface area contributed by atoms with Crippen LogP contribution in [0.15, 0.2) is 41.9 Å². The SMILES string of the molecule is O=C1COC(c2nccs2)(C2CCN(Cc3ccccc3)CC2)CN1. The number of morpholine rings is 1. The second-order valence-corrected chi connectivity index (χ2v) is 7.72. The van der Waals surface area contributed by atoms with Gasteiger partial charge in [0.2, 0.25) is 5.91 Å². The largest absolute Gasteiger partial charge is 0.356 e. The van der Waals surface area contributed by atoms with Crippen LogP contribution in [0.2, 0.25) is 0 Å². The highest BCUT2D eigenvalue weighted by atomic mass is 32.1. The minimum atomic E-state index is -0.457. The van der Waals surface area contributed by atoms with Crippen molar-refractivity contribution in [3.63, 3.8) is 0 Å². The van der Waals surface area contributed by atoms with E-state index in [0.29, 0.717) is 12.5 Å². The average Bonchev–Trinajstić information content (AvgIpc) is 3.20. The molecule has 0 saturated carbocycles. The molecular formula is C19H23N3O2S. The Labute approximate surface area is 152 Å². The maximum atomic E-state index is 11.6. The van der Waals surface area contributed by atoms with E-state index >= 15 is 0 Å². The third-order valence-corrected chi connectivity index (χ3v) is 6.23. The fraction of sp³-hybridized carbons (Fsp3) is 0.474. The summed E-state index contributed by atoms with van der Waals surface area (Å²) in [4.78, 5) is 18.6. The van der Waals surface area contributed by atoms with Gasteiger partial charge in [-0.15, -0.1) is 11.3 Å². The Hall–Kier alpha value is -1.76. The number of thiazole rings is 1. The van der Waals surface area contributed by atoms with Crippen molar-refractivity contribution >= 4 is 17.2 Å². The van der Waals surface area contributed by atoms with Gasteiger partial charge in [-0.05, 0) is 37.4 Å². The Morgan fingerprint density at radius 1 is 1.28 bits per heavy atom. The molecule has 1 unspecified atom stereocenters. The minimum Gasteiger partial charge on any atom is -0.356 e. The third kappa shape index (κ3) is 3.47. The van der Waals surface area contributed by atoms with Crippen LogP contribution in [-0.4, -0.2) is 42.0 Å². The van der Waals surface area contributed by atoms with Crippen molar-refractivity contribution in [3.05, 3.63) is 52.5 Å². The van der Waals surface area contributed by atoms with E-state index in [1.807, 2.05) is 11.6 Å². The van der Waals surface area contributed by atoms with Gasteiger partial charge in [0, 0.05) is 18.1 Å². The van der Waals surface area contributed by atoms with Crippen molar-refractivity contribution in [1.82, 2.24) is 15.2 Å². The van der Waals surface area contributed by atoms with E-state index in [4.69, 9.17) is 4.74 Å². The standard InChI is InChI=1S/C19H23N3O2S/c23-17-13-24-19(14-21-17,18-20-8-11-25-18)16-6-9-22(10-7-16)12-15-4-2-1-3-5-15/h1-5,8,11,16H,6-7,9-10,12-14H2,(H,21,23). The summed E-state index contributed by atoms with van der Waals surface area (Å²) < 4.78 is 6.13. The van der Waals surface area contributed by atoms with Gasteiger partial charge in [-0.1, -0.05) is 30.3 Å². The fourth-order valence-corrected chi connectivity index (χ4v) is 4.80. The van der Waals surface area contributed by atoms with E-state index in [9.17, 15) is 4.79 Å². The molecule has 6 heteroatoms. The number of amides is 1. The van der Waals surface area contributed by atoms with Crippen LogP contribution in [0.3, 0.4) is 0 Å². The molecule has 0 radical (unpaired) electrons. The van der Waals surface area contributed by atoms with Crippen LogP contribution in [0.25, 0.3) is 0 Å². The third-order valence-electron chi connectivity index (χ3n) is 5.30. The predicted octanol–water partition coefficient (Wildman–Crippen LogP) is 2.40. The van der Waals surface area contributed by atoms with Gasteiger partial charge in [0.05, 0.1) is 6.54 Å². The number of aromatic nitrogens is 1. The lowest BCUT2D eigenvalue weighted by Gasteiger charge is -2.45. The number of ether oxygens (including phenoxy) is 1. The molecule has 2 fully saturated rings. The number of hydrogen-bond donors (Lipinski definition) is 1. The number of rotatable bonds is 4. The number of carbonyl (C=O) groups is 1. The van der Waals surface area contributed by atoms with E-state index in [-0.39, 0.29) is 12.5 Å². The molecule has 1 N–H and O–H groups in total. The fourth-order valence-electron chi connectivity index (χ4n) is 3.93. The van der Waals surface area contributed by atoms with Gasteiger partial charge in [-0.25, -0.2) is 4.98 Å². The second-order valence-electron chi connectivity index (χ2n) is 6.83. The number of hydrogen-bond acceptors (Lipinski definition) is 5. The number of carbonyl (C=O) groups excluding carboxylic acids is 1. The molecular weight excluding hydrogens is 334 g/mol. The lowest BCUT2D eigenvalue weighted by Crippen LogP contribution is -2.56. The predicted molar refractivity (Wildman–Crippen MR) is 97.2 cm³/mol. The summed E-state index contributed by atoms with van der Waals surface area (Å²) in [5.41, 5.74) is 0.901.